The number of amidine groups is 1. The standard InChI is InChI=1S/C22H24BrN3/c1-2-25-12-14-26(15-13-25)22-20(17-6-4-3-5-7-17)10-8-18-16-19(23)9-11-21(18)24-22/h3-7,9-11,16H,2,8,12-15H2,1H3. The van der Waals surface area contributed by atoms with Crippen LogP contribution in [0.25, 0.3) is 5.57 Å². The zero-order chi connectivity index (χ0) is 17.9. The van der Waals surface area contributed by atoms with Crippen molar-refractivity contribution in [1.29, 1.82) is 0 Å². The maximum absolute atomic E-state index is 5.15. The fourth-order valence-electron chi connectivity index (χ4n) is 3.69. The summed E-state index contributed by atoms with van der Waals surface area (Å²) < 4.78 is 1.11. The lowest BCUT2D eigenvalue weighted by Crippen LogP contribution is -2.48. The first-order valence-corrected chi connectivity index (χ1v) is 10.1. The van der Waals surface area contributed by atoms with E-state index in [-0.39, 0.29) is 0 Å². The van der Waals surface area contributed by atoms with Gasteiger partial charge < -0.3 is 9.80 Å². The zero-order valence-electron chi connectivity index (χ0n) is 15.2. The molecule has 0 aromatic heterocycles. The van der Waals surface area contributed by atoms with Gasteiger partial charge in [0.1, 0.15) is 5.84 Å². The summed E-state index contributed by atoms with van der Waals surface area (Å²) in [5, 5.41) is 0. The van der Waals surface area contributed by atoms with Crippen LogP contribution in [0.15, 0.2) is 64.1 Å². The van der Waals surface area contributed by atoms with Crippen LogP contribution in [0.5, 0.6) is 0 Å². The third-order valence-corrected chi connectivity index (χ3v) is 5.73. The molecule has 134 valence electrons. The van der Waals surface area contributed by atoms with E-state index in [1.54, 1.807) is 0 Å². The van der Waals surface area contributed by atoms with Crippen molar-refractivity contribution in [3.05, 3.63) is 70.2 Å². The number of piperazine rings is 1. The van der Waals surface area contributed by atoms with E-state index in [9.17, 15) is 0 Å². The third kappa shape index (κ3) is 3.62. The Morgan fingerprint density at radius 1 is 1.00 bits per heavy atom. The van der Waals surface area contributed by atoms with Gasteiger partial charge in [0.05, 0.1) is 5.69 Å². The Hall–Kier alpha value is -1.91. The van der Waals surface area contributed by atoms with Crippen LogP contribution in [0.1, 0.15) is 18.1 Å². The van der Waals surface area contributed by atoms with Crippen molar-refractivity contribution >= 4 is 33.0 Å². The second kappa shape index (κ2) is 7.77. The van der Waals surface area contributed by atoms with E-state index >= 15 is 0 Å². The largest absolute Gasteiger partial charge is 0.354 e. The van der Waals surface area contributed by atoms with Crippen molar-refractivity contribution < 1.29 is 0 Å². The summed E-state index contributed by atoms with van der Waals surface area (Å²) in [5.74, 6) is 1.12. The molecule has 2 aromatic carbocycles. The van der Waals surface area contributed by atoms with Gasteiger partial charge in [0.25, 0.3) is 0 Å². The van der Waals surface area contributed by atoms with Crippen molar-refractivity contribution in [2.75, 3.05) is 32.7 Å². The summed E-state index contributed by atoms with van der Waals surface area (Å²) in [5.41, 5.74) is 4.86. The Labute approximate surface area is 164 Å². The number of fused-ring (bicyclic) bond motifs is 1. The van der Waals surface area contributed by atoms with Crippen LogP contribution in [0.4, 0.5) is 5.69 Å². The van der Waals surface area contributed by atoms with Gasteiger partial charge in [0.15, 0.2) is 0 Å². The maximum Gasteiger partial charge on any atom is 0.136 e. The summed E-state index contributed by atoms with van der Waals surface area (Å²) in [4.78, 5) is 10.1. The van der Waals surface area contributed by atoms with Crippen LogP contribution in [-0.4, -0.2) is 48.4 Å². The SMILES string of the molecule is CCN1CCN(C2=Nc3ccc(Br)cc3CC=C2c2ccccc2)CC1. The lowest BCUT2D eigenvalue weighted by Gasteiger charge is -2.36. The number of hydrogen-bond acceptors (Lipinski definition) is 3. The van der Waals surface area contributed by atoms with Gasteiger partial charge in [-0.05, 0) is 42.3 Å². The Morgan fingerprint density at radius 2 is 1.77 bits per heavy atom. The topological polar surface area (TPSA) is 18.8 Å². The molecule has 0 amide bonds. The van der Waals surface area contributed by atoms with Gasteiger partial charge in [0.2, 0.25) is 0 Å². The average molecular weight is 410 g/mol. The number of nitrogens with zero attached hydrogens (tertiary/aromatic N) is 3. The van der Waals surface area contributed by atoms with E-state index in [4.69, 9.17) is 4.99 Å². The van der Waals surface area contributed by atoms with Gasteiger partial charge in [-0.2, -0.15) is 0 Å². The number of halogens is 1. The minimum Gasteiger partial charge on any atom is -0.354 e. The van der Waals surface area contributed by atoms with Crippen LogP contribution in [0.2, 0.25) is 0 Å². The van der Waals surface area contributed by atoms with Gasteiger partial charge in [-0.1, -0.05) is 59.3 Å². The molecular formula is C22H24BrN3. The minimum absolute atomic E-state index is 0.904. The molecule has 2 aliphatic heterocycles. The molecule has 0 atom stereocenters. The highest BCUT2D eigenvalue weighted by atomic mass is 79.9. The highest BCUT2D eigenvalue weighted by Gasteiger charge is 2.24. The molecular weight excluding hydrogens is 386 g/mol. The number of allylic oxidation sites excluding steroid dienone is 1. The minimum atomic E-state index is 0.904. The Kier molecular flexibility index (Phi) is 5.23. The number of hydrogen-bond donors (Lipinski definition) is 0. The molecule has 3 nitrogen and oxygen atoms in total. The van der Waals surface area contributed by atoms with E-state index in [1.165, 1.54) is 16.7 Å². The first-order chi connectivity index (χ1) is 12.7. The molecule has 0 spiro atoms. The van der Waals surface area contributed by atoms with Crippen LogP contribution < -0.4 is 0 Å². The summed E-state index contributed by atoms with van der Waals surface area (Å²) in [7, 11) is 0. The fourth-order valence-corrected chi connectivity index (χ4v) is 4.09. The predicted octanol–water partition coefficient (Wildman–Crippen LogP) is 4.76. The highest BCUT2D eigenvalue weighted by Crippen LogP contribution is 2.31. The lowest BCUT2D eigenvalue weighted by atomic mass is 10.0. The second-order valence-corrected chi connectivity index (χ2v) is 7.73. The maximum atomic E-state index is 5.15. The van der Waals surface area contributed by atoms with Gasteiger partial charge >= 0.3 is 0 Å². The molecule has 0 saturated carbocycles. The molecule has 26 heavy (non-hydrogen) atoms. The lowest BCUT2D eigenvalue weighted by molar-refractivity contribution is 0.191. The molecule has 4 heteroatoms. The van der Waals surface area contributed by atoms with Crippen molar-refractivity contribution in [3.8, 4) is 0 Å². The van der Waals surface area contributed by atoms with Gasteiger partial charge in [-0.15, -0.1) is 0 Å². The molecule has 0 radical (unpaired) electrons. The number of likely N-dealkylation sites (N-methyl/N-ethyl adjacent to an activating group) is 1. The van der Waals surface area contributed by atoms with Crippen LogP contribution in [-0.2, 0) is 6.42 Å². The van der Waals surface area contributed by atoms with E-state index in [1.807, 2.05) is 0 Å². The Balaban J connectivity index is 1.75. The number of rotatable bonds is 2. The normalized spacial score (nSPS) is 18.0. The Bertz CT molecular complexity index is 834. The van der Waals surface area contributed by atoms with Crippen molar-refractivity contribution in [3.63, 3.8) is 0 Å². The summed E-state index contributed by atoms with van der Waals surface area (Å²) in [6.07, 6.45) is 3.25. The second-order valence-electron chi connectivity index (χ2n) is 6.82. The van der Waals surface area contributed by atoms with Crippen molar-refractivity contribution in [2.45, 2.75) is 13.3 Å². The van der Waals surface area contributed by atoms with Crippen LogP contribution in [0.3, 0.4) is 0 Å². The van der Waals surface area contributed by atoms with Gasteiger partial charge in [-0.25, -0.2) is 4.99 Å². The van der Waals surface area contributed by atoms with E-state index < -0.39 is 0 Å². The zero-order valence-corrected chi connectivity index (χ0v) is 16.7. The summed E-state index contributed by atoms with van der Waals surface area (Å²) >= 11 is 3.60. The summed E-state index contributed by atoms with van der Waals surface area (Å²) in [6, 6.07) is 17.1. The molecule has 4 rings (SSSR count). The quantitative estimate of drug-likeness (QED) is 0.711. The molecule has 2 aromatic rings. The molecule has 1 fully saturated rings. The van der Waals surface area contributed by atoms with Gasteiger partial charge in [0, 0.05) is 36.2 Å². The summed E-state index contributed by atoms with van der Waals surface area (Å²) in [6.45, 7) is 7.63. The van der Waals surface area contributed by atoms with Crippen LogP contribution >= 0.6 is 15.9 Å². The first-order valence-electron chi connectivity index (χ1n) is 9.35. The number of benzene rings is 2. The van der Waals surface area contributed by atoms with Crippen LogP contribution in [0, 0.1) is 0 Å². The first kappa shape index (κ1) is 17.5. The van der Waals surface area contributed by atoms with E-state index in [0.717, 1.165) is 55.1 Å². The molecule has 0 bridgehead atoms. The van der Waals surface area contributed by atoms with E-state index in [0.29, 0.717) is 0 Å². The molecule has 0 aliphatic carbocycles. The highest BCUT2D eigenvalue weighted by molar-refractivity contribution is 9.10. The molecule has 0 unspecified atom stereocenters. The smallest absolute Gasteiger partial charge is 0.136 e. The predicted molar refractivity (Wildman–Crippen MR) is 113 cm³/mol. The molecule has 2 aliphatic rings. The monoisotopic (exact) mass is 409 g/mol. The number of aliphatic imine (C=N–C) groups is 1. The average Bonchev–Trinajstić information content (AvgIpc) is 2.88. The molecule has 0 N–H and O–H groups in total. The van der Waals surface area contributed by atoms with Gasteiger partial charge in [-0.3, -0.25) is 0 Å². The molecule has 1 saturated heterocycles. The molecule has 2 heterocycles. The Morgan fingerprint density at radius 3 is 2.50 bits per heavy atom. The third-order valence-electron chi connectivity index (χ3n) is 5.24. The van der Waals surface area contributed by atoms with Crippen molar-refractivity contribution in [1.82, 2.24) is 9.80 Å². The van der Waals surface area contributed by atoms with E-state index in [2.05, 4.69) is 87.3 Å². The van der Waals surface area contributed by atoms with Crippen molar-refractivity contribution in [2.24, 2.45) is 4.99 Å². The fraction of sp³-hybridized carbons (Fsp3) is 0.318.